The summed E-state index contributed by atoms with van der Waals surface area (Å²) in [7, 11) is -3.47. The lowest BCUT2D eigenvalue weighted by Crippen LogP contribution is -2.38. The summed E-state index contributed by atoms with van der Waals surface area (Å²) in [6.45, 7) is 6.03. The fourth-order valence-corrected chi connectivity index (χ4v) is 4.58. The maximum Gasteiger partial charge on any atom is 0.243 e. The number of carbonyl (C=O) groups excluding carboxylic acids is 1. The number of rotatable bonds is 3. The Balaban J connectivity index is 1.69. The van der Waals surface area contributed by atoms with Gasteiger partial charge in [0.1, 0.15) is 0 Å². The van der Waals surface area contributed by atoms with E-state index in [4.69, 9.17) is 0 Å². The van der Waals surface area contributed by atoms with E-state index in [1.165, 1.54) is 4.31 Å². The maximum absolute atomic E-state index is 12.7. The van der Waals surface area contributed by atoms with E-state index in [9.17, 15) is 13.2 Å². The minimum Gasteiger partial charge on any atom is -0.341 e. The molecule has 0 spiro atoms. The average molecular weight is 336 g/mol. The lowest BCUT2D eigenvalue weighted by Gasteiger charge is -2.22. The van der Waals surface area contributed by atoms with Crippen molar-refractivity contribution in [2.24, 2.45) is 11.8 Å². The molecule has 2 aliphatic rings. The Morgan fingerprint density at radius 2 is 1.74 bits per heavy atom. The maximum atomic E-state index is 12.7. The zero-order chi connectivity index (χ0) is 16.6. The molecule has 1 aliphatic carbocycles. The summed E-state index contributed by atoms with van der Waals surface area (Å²) < 4.78 is 27.0. The molecule has 1 aliphatic heterocycles. The summed E-state index contributed by atoms with van der Waals surface area (Å²) in [5.41, 5.74) is 1.04. The van der Waals surface area contributed by atoms with Crippen molar-refractivity contribution in [3.8, 4) is 0 Å². The number of benzene rings is 1. The number of carbonyl (C=O) groups is 1. The molecule has 1 saturated heterocycles. The van der Waals surface area contributed by atoms with Crippen molar-refractivity contribution < 1.29 is 13.2 Å². The van der Waals surface area contributed by atoms with Crippen LogP contribution in [-0.2, 0) is 14.8 Å². The molecule has 1 aromatic rings. The number of amides is 1. The second-order valence-corrected chi connectivity index (χ2v) is 8.65. The lowest BCUT2D eigenvalue weighted by atomic mass is 10.2. The molecular formula is C17H24N2O3S. The van der Waals surface area contributed by atoms with E-state index in [-0.39, 0.29) is 11.8 Å². The van der Waals surface area contributed by atoms with Gasteiger partial charge >= 0.3 is 0 Å². The van der Waals surface area contributed by atoms with Gasteiger partial charge in [-0.2, -0.15) is 4.31 Å². The molecule has 0 aromatic heterocycles. The van der Waals surface area contributed by atoms with Gasteiger partial charge in [0.2, 0.25) is 15.9 Å². The van der Waals surface area contributed by atoms with E-state index in [2.05, 4.69) is 6.92 Å². The zero-order valence-corrected chi connectivity index (χ0v) is 14.6. The molecule has 1 amide bonds. The highest BCUT2D eigenvalue weighted by atomic mass is 32.2. The Bertz CT molecular complexity index is 684. The van der Waals surface area contributed by atoms with Crippen molar-refractivity contribution in [1.82, 2.24) is 9.21 Å². The van der Waals surface area contributed by atoms with Gasteiger partial charge in [0.25, 0.3) is 0 Å². The lowest BCUT2D eigenvalue weighted by molar-refractivity contribution is -0.132. The first kappa shape index (κ1) is 16.5. The van der Waals surface area contributed by atoms with Crippen LogP contribution in [0.15, 0.2) is 29.2 Å². The van der Waals surface area contributed by atoms with E-state index in [0.717, 1.165) is 12.0 Å². The van der Waals surface area contributed by atoms with E-state index >= 15 is 0 Å². The van der Waals surface area contributed by atoms with Crippen molar-refractivity contribution in [3.63, 3.8) is 0 Å². The van der Waals surface area contributed by atoms with Crippen molar-refractivity contribution in [2.75, 3.05) is 26.2 Å². The Morgan fingerprint density at radius 3 is 2.35 bits per heavy atom. The molecule has 1 saturated carbocycles. The van der Waals surface area contributed by atoms with Gasteiger partial charge in [-0.1, -0.05) is 24.6 Å². The van der Waals surface area contributed by atoms with Crippen LogP contribution < -0.4 is 0 Å². The number of hydrogen-bond donors (Lipinski definition) is 0. The van der Waals surface area contributed by atoms with Gasteiger partial charge in [-0.15, -0.1) is 0 Å². The monoisotopic (exact) mass is 336 g/mol. The Morgan fingerprint density at radius 1 is 1.09 bits per heavy atom. The summed E-state index contributed by atoms with van der Waals surface area (Å²) in [5, 5.41) is 0. The molecule has 2 fully saturated rings. The Labute approximate surface area is 138 Å². The quantitative estimate of drug-likeness (QED) is 0.847. The van der Waals surface area contributed by atoms with Crippen molar-refractivity contribution in [2.45, 2.75) is 31.6 Å². The molecule has 6 heteroatoms. The van der Waals surface area contributed by atoms with E-state index in [1.807, 2.05) is 24.0 Å². The van der Waals surface area contributed by atoms with Gasteiger partial charge in [-0.25, -0.2) is 8.42 Å². The topological polar surface area (TPSA) is 57.7 Å². The van der Waals surface area contributed by atoms with Gasteiger partial charge in [-0.3, -0.25) is 4.79 Å². The summed E-state index contributed by atoms with van der Waals surface area (Å²) >= 11 is 0. The molecule has 0 unspecified atom stereocenters. The molecule has 1 aromatic carbocycles. The first-order valence-electron chi connectivity index (χ1n) is 8.25. The third kappa shape index (κ3) is 3.43. The molecule has 5 nitrogen and oxygen atoms in total. The fraction of sp³-hybridized carbons (Fsp3) is 0.588. The molecule has 0 radical (unpaired) electrons. The van der Waals surface area contributed by atoms with E-state index in [0.29, 0.717) is 43.4 Å². The summed E-state index contributed by atoms with van der Waals surface area (Å²) in [5.74, 6) is 0.848. The van der Waals surface area contributed by atoms with Crippen LogP contribution in [0.2, 0.25) is 0 Å². The third-order valence-corrected chi connectivity index (χ3v) is 6.76. The highest BCUT2D eigenvalue weighted by molar-refractivity contribution is 7.89. The van der Waals surface area contributed by atoms with E-state index in [1.54, 1.807) is 12.1 Å². The largest absolute Gasteiger partial charge is 0.341 e. The van der Waals surface area contributed by atoms with Crippen LogP contribution in [0.25, 0.3) is 0 Å². The second-order valence-electron chi connectivity index (χ2n) is 6.72. The third-order valence-electron chi connectivity index (χ3n) is 4.85. The average Bonchev–Trinajstić information content (AvgIpc) is 3.28. The van der Waals surface area contributed by atoms with Crippen LogP contribution in [0, 0.1) is 18.8 Å². The summed E-state index contributed by atoms with van der Waals surface area (Å²) in [6.07, 6.45) is 1.67. The molecule has 23 heavy (non-hydrogen) atoms. The van der Waals surface area contributed by atoms with Gasteiger partial charge in [0.15, 0.2) is 0 Å². The van der Waals surface area contributed by atoms with Gasteiger partial charge in [0, 0.05) is 32.1 Å². The minimum atomic E-state index is -3.47. The van der Waals surface area contributed by atoms with E-state index < -0.39 is 10.0 Å². The van der Waals surface area contributed by atoms with Crippen LogP contribution >= 0.6 is 0 Å². The SMILES string of the molecule is Cc1ccc(S(=O)(=O)N2CCCN(C(=O)[C@@H]3C[C@H]3C)CC2)cc1. The summed E-state index contributed by atoms with van der Waals surface area (Å²) in [6, 6.07) is 6.94. The number of sulfonamides is 1. The highest BCUT2D eigenvalue weighted by Gasteiger charge is 2.42. The van der Waals surface area contributed by atoms with Gasteiger partial charge in [-0.05, 0) is 37.8 Å². The molecule has 0 bridgehead atoms. The molecular weight excluding hydrogens is 312 g/mol. The molecule has 2 atom stereocenters. The first-order valence-corrected chi connectivity index (χ1v) is 9.69. The Kier molecular flexibility index (Phi) is 4.47. The van der Waals surface area contributed by atoms with Crippen LogP contribution in [0.5, 0.6) is 0 Å². The fourth-order valence-electron chi connectivity index (χ4n) is 3.11. The molecule has 0 N–H and O–H groups in total. The standard InChI is InChI=1S/C17H24N2O3S/c1-13-4-6-15(7-5-13)23(21,22)19-9-3-8-18(10-11-19)17(20)16-12-14(16)2/h4-7,14,16H,3,8-12H2,1-2H3/t14-,16-/m1/s1. The number of nitrogens with zero attached hydrogens (tertiary/aromatic N) is 2. The van der Waals surface area contributed by atoms with Gasteiger partial charge < -0.3 is 4.90 Å². The Hall–Kier alpha value is -1.40. The first-order chi connectivity index (χ1) is 10.9. The zero-order valence-electron chi connectivity index (χ0n) is 13.7. The van der Waals surface area contributed by atoms with Crippen molar-refractivity contribution >= 4 is 15.9 Å². The predicted octanol–water partition coefficient (Wildman–Crippen LogP) is 1.87. The molecule has 126 valence electrons. The van der Waals surface area contributed by atoms with Crippen LogP contribution in [-0.4, -0.2) is 49.7 Å². The number of hydrogen-bond acceptors (Lipinski definition) is 3. The normalized spacial score (nSPS) is 25.9. The smallest absolute Gasteiger partial charge is 0.243 e. The van der Waals surface area contributed by atoms with Crippen LogP contribution in [0.4, 0.5) is 0 Å². The predicted molar refractivity (Wildman–Crippen MR) is 88.4 cm³/mol. The van der Waals surface area contributed by atoms with Gasteiger partial charge in [0.05, 0.1) is 4.90 Å². The minimum absolute atomic E-state index is 0.162. The van der Waals surface area contributed by atoms with Crippen molar-refractivity contribution in [1.29, 1.82) is 0 Å². The number of aryl methyl sites for hydroxylation is 1. The second kappa shape index (κ2) is 6.24. The van der Waals surface area contributed by atoms with Crippen LogP contribution in [0.1, 0.15) is 25.3 Å². The van der Waals surface area contributed by atoms with Crippen LogP contribution in [0.3, 0.4) is 0 Å². The summed E-state index contributed by atoms with van der Waals surface area (Å²) in [4.78, 5) is 14.5. The highest BCUT2D eigenvalue weighted by Crippen LogP contribution is 2.39. The molecule has 1 heterocycles. The molecule has 3 rings (SSSR count). The van der Waals surface area contributed by atoms with Crippen molar-refractivity contribution in [3.05, 3.63) is 29.8 Å².